The van der Waals surface area contributed by atoms with E-state index in [1.54, 1.807) is 10.7 Å². The van der Waals surface area contributed by atoms with E-state index in [2.05, 4.69) is 27.5 Å². The number of fused-ring (bicyclic) bond motifs is 1. The average Bonchev–Trinajstić information content (AvgIpc) is 3.31. The van der Waals surface area contributed by atoms with Gasteiger partial charge in [-0.1, -0.05) is 42.4 Å². The Morgan fingerprint density at radius 3 is 2.76 bits per heavy atom. The van der Waals surface area contributed by atoms with Crippen LogP contribution in [0.1, 0.15) is 31.3 Å². The molecule has 0 aliphatic heterocycles. The van der Waals surface area contributed by atoms with Crippen LogP contribution in [0.25, 0.3) is 16.9 Å². The minimum absolute atomic E-state index is 0.0359. The summed E-state index contributed by atoms with van der Waals surface area (Å²) < 4.78 is 7.23. The molecule has 0 aliphatic rings. The number of anilines is 1. The van der Waals surface area contributed by atoms with Gasteiger partial charge in [0.15, 0.2) is 11.4 Å². The summed E-state index contributed by atoms with van der Waals surface area (Å²) >= 11 is 0. The van der Waals surface area contributed by atoms with Crippen LogP contribution in [-0.4, -0.2) is 19.8 Å². The van der Waals surface area contributed by atoms with Crippen molar-refractivity contribution >= 4 is 11.5 Å². The van der Waals surface area contributed by atoms with Gasteiger partial charge in [-0.2, -0.15) is 9.61 Å². The lowest BCUT2D eigenvalue weighted by atomic mass is 10.1. The molecule has 0 saturated carbocycles. The van der Waals surface area contributed by atoms with Crippen molar-refractivity contribution in [3.63, 3.8) is 0 Å². The second-order valence-corrected chi connectivity index (χ2v) is 5.93. The fraction of sp³-hybridized carbons (Fsp3) is 0.211. The van der Waals surface area contributed by atoms with Gasteiger partial charge in [0.25, 0.3) is 0 Å². The molecular weight excluding hydrogens is 314 g/mol. The normalized spacial score (nSPS) is 12.4. The summed E-state index contributed by atoms with van der Waals surface area (Å²) in [5, 5.41) is 11.9. The molecule has 0 saturated heterocycles. The summed E-state index contributed by atoms with van der Waals surface area (Å²) in [5.41, 5.74) is 3.71. The smallest absolute Gasteiger partial charge is 0.158 e. The van der Waals surface area contributed by atoms with Gasteiger partial charge < -0.3 is 9.84 Å². The molecule has 0 spiro atoms. The van der Waals surface area contributed by atoms with Gasteiger partial charge in [0.1, 0.15) is 5.82 Å². The first-order valence-electron chi connectivity index (χ1n) is 8.37. The van der Waals surface area contributed by atoms with Gasteiger partial charge in [-0.05, 0) is 13.3 Å². The van der Waals surface area contributed by atoms with Crippen molar-refractivity contribution in [2.45, 2.75) is 26.3 Å². The molecule has 0 radical (unpaired) electrons. The van der Waals surface area contributed by atoms with E-state index in [1.807, 2.05) is 55.5 Å². The molecule has 1 atom stereocenters. The molecule has 25 heavy (non-hydrogen) atoms. The Hall–Kier alpha value is -3.15. The number of aromatic nitrogens is 4. The van der Waals surface area contributed by atoms with E-state index in [0.29, 0.717) is 0 Å². The van der Waals surface area contributed by atoms with Crippen LogP contribution in [0, 0.1) is 0 Å². The second kappa shape index (κ2) is 6.39. The highest BCUT2D eigenvalue weighted by atomic mass is 16.5. The number of aryl methyl sites for hydroxylation is 1. The summed E-state index contributed by atoms with van der Waals surface area (Å²) in [5.74, 6) is 1.66. The van der Waals surface area contributed by atoms with E-state index >= 15 is 0 Å². The number of nitrogens with zero attached hydrogens (tertiary/aromatic N) is 4. The topological polar surface area (TPSA) is 68.2 Å². The van der Waals surface area contributed by atoms with Crippen LogP contribution in [-0.2, 0) is 6.42 Å². The molecular formula is C19H19N5O. The minimum Gasteiger partial charge on any atom is -0.360 e. The lowest BCUT2D eigenvalue weighted by Crippen LogP contribution is -2.10. The Labute approximate surface area is 145 Å². The van der Waals surface area contributed by atoms with E-state index in [-0.39, 0.29) is 6.04 Å². The standard InChI is InChI=1S/C19H19N5O/c1-3-15-11-17(25-23-15)13(2)21-19-12-16(14-7-5-4-6-8-14)22-18-9-10-20-24(18)19/h4-13,21H,3H2,1-2H3/t13-/m1/s1. The van der Waals surface area contributed by atoms with Crippen LogP contribution in [0.4, 0.5) is 5.82 Å². The quantitative estimate of drug-likeness (QED) is 0.595. The third-order valence-electron chi connectivity index (χ3n) is 4.16. The van der Waals surface area contributed by atoms with Crippen molar-refractivity contribution in [2.24, 2.45) is 0 Å². The number of rotatable bonds is 5. The highest BCUT2D eigenvalue weighted by Crippen LogP contribution is 2.25. The Morgan fingerprint density at radius 1 is 1.16 bits per heavy atom. The van der Waals surface area contributed by atoms with Crippen molar-refractivity contribution in [1.29, 1.82) is 0 Å². The molecule has 0 bridgehead atoms. The number of nitrogens with one attached hydrogen (secondary N) is 1. The van der Waals surface area contributed by atoms with Crippen molar-refractivity contribution in [3.05, 3.63) is 66.2 Å². The lowest BCUT2D eigenvalue weighted by molar-refractivity contribution is 0.368. The third kappa shape index (κ3) is 2.98. The highest BCUT2D eigenvalue weighted by molar-refractivity contribution is 5.66. The Balaban J connectivity index is 1.71. The maximum atomic E-state index is 5.44. The number of hydrogen-bond acceptors (Lipinski definition) is 5. The minimum atomic E-state index is -0.0359. The van der Waals surface area contributed by atoms with E-state index in [9.17, 15) is 0 Å². The lowest BCUT2D eigenvalue weighted by Gasteiger charge is -2.14. The Kier molecular flexibility index (Phi) is 3.93. The summed E-state index contributed by atoms with van der Waals surface area (Å²) in [6.07, 6.45) is 2.60. The van der Waals surface area contributed by atoms with Crippen molar-refractivity contribution in [1.82, 2.24) is 19.8 Å². The molecule has 126 valence electrons. The average molecular weight is 333 g/mol. The molecule has 6 nitrogen and oxygen atoms in total. The zero-order chi connectivity index (χ0) is 17.2. The zero-order valence-corrected chi connectivity index (χ0v) is 14.2. The summed E-state index contributed by atoms with van der Waals surface area (Å²) in [6, 6.07) is 16.0. The van der Waals surface area contributed by atoms with E-state index in [0.717, 1.165) is 40.6 Å². The van der Waals surface area contributed by atoms with Crippen LogP contribution in [0.15, 0.2) is 59.3 Å². The molecule has 1 aromatic carbocycles. The molecule has 3 heterocycles. The Morgan fingerprint density at radius 2 is 2.00 bits per heavy atom. The van der Waals surface area contributed by atoms with Crippen LogP contribution in [0.3, 0.4) is 0 Å². The first-order chi connectivity index (χ1) is 12.2. The second-order valence-electron chi connectivity index (χ2n) is 5.93. The van der Waals surface area contributed by atoms with Gasteiger partial charge in [-0.25, -0.2) is 4.98 Å². The van der Waals surface area contributed by atoms with E-state index in [4.69, 9.17) is 4.52 Å². The Bertz CT molecular complexity index is 989. The van der Waals surface area contributed by atoms with Gasteiger partial charge in [0.2, 0.25) is 0 Å². The van der Waals surface area contributed by atoms with Crippen molar-refractivity contribution in [3.8, 4) is 11.3 Å². The highest BCUT2D eigenvalue weighted by Gasteiger charge is 2.15. The first-order valence-corrected chi connectivity index (χ1v) is 8.37. The van der Waals surface area contributed by atoms with Gasteiger partial charge in [0, 0.05) is 23.8 Å². The summed E-state index contributed by atoms with van der Waals surface area (Å²) in [6.45, 7) is 4.10. The van der Waals surface area contributed by atoms with Crippen LogP contribution < -0.4 is 5.32 Å². The van der Waals surface area contributed by atoms with Crippen LogP contribution in [0.5, 0.6) is 0 Å². The third-order valence-corrected chi connectivity index (χ3v) is 4.16. The van der Waals surface area contributed by atoms with Gasteiger partial charge in [-0.15, -0.1) is 0 Å². The van der Waals surface area contributed by atoms with Crippen molar-refractivity contribution < 1.29 is 4.52 Å². The molecule has 4 rings (SSSR count). The maximum absolute atomic E-state index is 5.44. The molecule has 4 aromatic rings. The van der Waals surface area contributed by atoms with Gasteiger partial charge in [-0.3, -0.25) is 0 Å². The van der Waals surface area contributed by atoms with Crippen molar-refractivity contribution in [2.75, 3.05) is 5.32 Å². The largest absolute Gasteiger partial charge is 0.360 e. The molecule has 3 aromatic heterocycles. The molecule has 0 fully saturated rings. The van der Waals surface area contributed by atoms with Crippen LogP contribution in [0.2, 0.25) is 0 Å². The van der Waals surface area contributed by atoms with Gasteiger partial charge in [0.05, 0.1) is 23.6 Å². The molecule has 0 aliphatic carbocycles. The molecule has 0 unspecified atom stereocenters. The predicted molar refractivity (Wildman–Crippen MR) is 96.3 cm³/mol. The molecule has 0 amide bonds. The number of hydrogen-bond donors (Lipinski definition) is 1. The fourth-order valence-electron chi connectivity index (χ4n) is 2.76. The molecule has 6 heteroatoms. The van der Waals surface area contributed by atoms with Gasteiger partial charge >= 0.3 is 0 Å². The van der Waals surface area contributed by atoms with E-state index in [1.165, 1.54) is 0 Å². The predicted octanol–water partition coefficient (Wildman–Crippen LogP) is 4.12. The number of benzene rings is 1. The monoisotopic (exact) mass is 333 g/mol. The fourth-order valence-corrected chi connectivity index (χ4v) is 2.76. The molecule has 1 N–H and O–H groups in total. The SMILES string of the molecule is CCc1cc([C@@H](C)Nc2cc(-c3ccccc3)nc3ccnn23)on1. The zero-order valence-electron chi connectivity index (χ0n) is 14.2. The maximum Gasteiger partial charge on any atom is 0.158 e. The van der Waals surface area contributed by atoms with E-state index < -0.39 is 0 Å². The first kappa shape index (κ1) is 15.4. The summed E-state index contributed by atoms with van der Waals surface area (Å²) in [7, 11) is 0. The summed E-state index contributed by atoms with van der Waals surface area (Å²) in [4.78, 5) is 4.69. The van der Waals surface area contributed by atoms with Crippen LogP contribution >= 0.6 is 0 Å².